The van der Waals surface area contributed by atoms with Crippen LogP contribution in [-0.4, -0.2) is 18.7 Å². The average molecular weight is 242 g/mol. The van der Waals surface area contributed by atoms with Crippen LogP contribution in [0.25, 0.3) is 0 Å². The molecule has 1 aliphatic heterocycles. The van der Waals surface area contributed by atoms with Gasteiger partial charge in [0.1, 0.15) is 5.60 Å². The molecular weight excluding hydrogens is 230 g/mol. The molecule has 1 saturated heterocycles. The summed E-state index contributed by atoms with van der Waals surface area (Å²) in [7, 11) is 1.22. The van der Waals surface area contributed by atoms with E-state index in [0.717, 1.165) is 6.07 Å². The Morgan fingerprint density at radius 3 is 2.59 bits per heavy atom. The van der Waals surface area contributed by atoms with Crippen molar-refractivity contribution >= 4 is 5.97 Å². The number of carbonyl (C=O) groups is 1. The van der Waals surface area contributed by atoms with Crippen molar-refractivity contribution in [2.75, 3.05) is 7.11 Å². The van der Waals surface area contributed by atoms with E-state index in [9.17, 15) is 13.6 Å². The number of methoxy groups -OCH3 is 1. The minimum atomic E-state index is -1.27. The topological polar surface area (TPSA) is 38.8 Å². The Morgan fingerprint density at radius 1 is 1.35 bits per heavy atom. The normalized spacial score (nSPS) is 31.1. The Labute approximate surface area is 97.3 Å². The number of rotatable bonds is 2. The Balaban J connectivity index is 2.44. The summed E-state index contributed by atoms with van der Waals surface area (Å²) in [5, 5.41) is 0. The highest BCUT2D eigenvalue weighted by atomic mass is 19.2. The van der Waals surface area contributed by atoms with E-state index in [0.29, 0.717) is 0 Å². The zero-order valence-electron chi connectivity index (χ0n) is 9.71. The fourth-order valence-corrected chi connectivity index (χ4v) is 2.00. The number of hydrogen-bond donors (Lipinski definition) is 0. The van der Waals surface area contributed by atoms with Crippen LogP contribution in [0.5, 0.6) is 0 Å². The molecule has 0 amide bonds. The monoisotopic (exact) mass is 242 g/mol. The summed E-state index contributed by atoms with van der Waals surface area (Å²) in [5.74, 6) is -2.57. The Bertz CT molecular complexity index is 489. The van der Waals surface area contributed by atoms with Crippen molar-refractivity contribution in [1.82, 2.24) is 0 Å². The van der Waals surface area contributed by atoms with Crippen LogP contribution in [0.15, 0.2) is 18.2 Å². The third-order valence-electron chi connectivity index (χ3n) is 3.32. The Morgan fingerprint density at radius 2 is 2.00 bits per heavy atom. The lowest BCUT2D eigenvalue weighted by molar-refractivity contribution is -0.146. The molecule has 2 atom stereocenters. The second kappa shape index (κ2) is 3.50. The van der Waals surface area contributed by atoms with Crippen LogP contribution in [0, 0.1) is 11.6 Å². The highest BCUT2D eigenvalue weighted by Crippen LogP contribution is 2.56. The molecule has 2 unspecified atom stereocenters. The molecule has 3 nitrogen and oxygen atoms in total. The largest absolute Gasteiger partial charge is 0.467 e. The fourth-order valence-electron chi connectivity index (χ4n) is 2.00. The first-order chi connectivity index (χ1) is 7.87. The predicted octanol–water partition coefficient (Wildman–Crippen LogP) is 2.14. The van der Waals surface area contributed by atoms with Gasteiger partial charge >= 0.3 is 5.97 Å². The lowest BCUT2D eigenvalue weighted by Crippen LogP contribution is -2.30. The minimum absolute atomic E-state index is 0.0189. The summed E-state index contributed by atoms with van der Waals surface area (Å²) in [6.45, 7) is 3.02. The first-order valence-electron chi connectivity index (χ1n) is 5.10. The van der Waals surface area contributed by atoms with Gasteiger partial charge in [-0.1, -0.05) is 12.1 Å². The average Bonchev–Trinajstić information content (AvgIpc) is 2.87. The summed E-state index contributed by atoms with van der Waals surface area (Å²) in [6.07, 6.45) is 0. The molecule has 1 aromatic carbocycles. The van der Waals surface area contributed by atoms with Crippen molar-refractivity contribution < 1.29 is 23.0 Å². The zero-order valence-corrected chi connectivity index (χ0v) is 9.71. The maximum absolute atomic E-state index is 13.6. The van der Waals surface area contributed by atoms with Crippen LogP contribution in [0.3, 0.4) is 0 Å². The smallest absolute Gasteiger partial charge is 0.341 e. The first kappa shape index (κ1) is 12.0. The molecule has 2 rings (SSSR count). The van der Waals surface area contributed by atoms with Gasteiger partial charge in [0, 0.05) is 5.56 Å². The number of carbonyl (C=O) groups excluding carboxylic acids is 1. The van der Waals surface area contributed by atoms with Gasteiger partial charge in [0.15, 0.2) is 17.2 Å². The molecule has 0 radical (unpaired) electrons. The van der Waals surface area contributed by atoms with E-state index >= 15 is 0 Å². The van der Waals surface area contributed by atoms with Crippen molar-refractivity contribution in [3.8, 4) is 0 Å². The molecule has 0 spiro atoms. The van der Waals surface area contributed by atoms with Crippen molar-refractivity contribution in [2.45, 2.75) is 25.0 Å². The highest BCUT2D eigenvalue weighted by Gasteiger charge is 2.71. The SMILES string of the molecule is COC(=O)C1(C)OC1(C)c1cccc(F)c1F. The third kappa shape index (κ3) is 1.45. The van der Waals surface area contributed by atoms with E-state index in [-0.39, 0.29) is 5.56 Å². The molecule has 1 heterocycles. The van der Waals surface area contributed by atoms with Crippen molar-refractivity contribution in [3.05, 3.63) is 35.4 Å². The van der Waals surface area contributed by atoms with Crippen LogP contribution in [0.1, 0.15) is 19.4 Å². The molecule has 0 N–H and O–H groups in total. The zero-order chi connectivity index (χ0) is 12.8. The lowest BCUT2D eigenvalue weighted by Gasteiger charge is -2.12. The van der Waals surface area contributed by atoms with Crippen LogP contribution < -0.4 is 0 Å². The molecule has 0 aliphatic carbocycles. The molecule has 1 fully saturated rings. The lowest BCUT2D eigenvalue weighted by atomic mass is 9.88. The van der Waals surface area contributed by atoms with Gasteiger partial charge in [-0.3, -0.25) is 0 Å². The minimum Gasteiger partial charge on any atom is -0.467 e. The van der Waals surface area contributed by atoms with Gasteiger partial charge in [-0.15, -0.1) is 0 Å². The number of benzene rings is 1. The number of epoxide rings is 1. The van der Waals surface area contributed by atoms with Gasteiger partial charge in [-0.2, -0.15) is 0 Å². The maximum Gasteiger partial charge on any atom is 0.341 e. The fraction of sp³-hybridized carbons (Fsp3) is 0.417. The number of ether oxygens (including phenoxy) is 2. The van der Waals surface area contributed by atoms with E-state index in [1.54, 1.807) is 0 Å². The number of hydrogen-bond acceptors (Lipinski definition) is 3. The molecule has 92 valence electrons. The Hall–Kier alpha value is -1.49. The van der Waals surface area contributed by atoms with Crippen LogP contribution in [0.2, 0.25) is 0 Å². The summed E-state index contributed by atoms with van der Waals surface area (Å²) in [4.78, 5) is 11.5. The van der Waals surface area contributed by atoms with E-state index in [4.69, 9.17) is 4.74 Å². The number of esters is 1. The van der Waals surface area contributed by atoms with Gasteiger partial charge in [-0.05, 0) is 19.9 Å². The van der Waals surface area contributed by atoms with Crippen LogP contribution >= 0.6 is 0 Å². The van der Waals surface area contributed by atoms with Gasteiger partial charge in [0.25, 0.3) is 0 Å². The van der Waals surface area contributed by atoms with Crippen molar-refractivity contribution in [3.63, 3.8) is 0 Å². The summed E-state index contributed by atoms with van der Waals surface area (Å²) in [5.41, 5.74) is -2.44. The summed E-state index contributed by atoms with van der Waals surface area (Å²) in [6, 6.07) is 3.78. The van der Waals surface area contributed by atoms with E-state index < -0.39 is 28.8 Å². The van der Waals surface area contributed by atoms with Crippen molar-refractivity contribution in [1.29, 1.82) is 0 Å². The molecule has 0 aromatic heterocycles. The maximum atomic E-state index is 13.6. The molecule has 1 aliphatic rings. The van der Waals surface area contributed by atoms with E-state index in [1.807, 2.05) is 0 Å². The third-order valence-corrected chi connectivity index (χ3v) is 3.32. The summed E-state index contributed by atoms with van der Waals surface area (Å²) < 4.78 is 36.6. The quantitative estimate of drug-likeness (QED) is 0.589. The highest BCUT2D eigenvalue weighted by molar-refractivity contribution is 5.84. The van der Waals surface area contributed by atoms with Crippen molar-refractivity contribution in [2.24, 2.45) is 0 Å². The van der Waals surface area contributed by atoms with E-state index in [1.165, 1.54) is 33.1 Å². The Kier molecular flexibility index (Phi) is 2.47. The van der Waals surface area contributed by atoms with Crippen LogP contribution in [0.4, 0.5) is 8.78 Å². The molecule has 1 aromatic rings. The summed E-state index contributed by atoms with van der Waals surface area (Å²) >= 11 is 0. The molecule has 0 saturated carbocycles. The van der Waals surface area contributed by atoms with Gasteiger partial charge < -0.3 is 9.47 Å². The van der Waals surface area contributed by atoms with Gasteiger partial charge in [-0.25, -0.2) is 13.6 Å². The molecule has 0 bridgehead atoms. The standard InChI is InChI=1S/C12H12F2O3/c1-11(12(2,17-11)10(15)16-3)7-5-4-6-8(13)9(7)14/h4-6H,1-3H3. The van der Waals surface area contributed by atoms with Gasteiger partial charge in [0.2, 0.25) is 0 Å². The van der Waals surface area contributed by atoms with E-state index in [2.05, 4.69) is 4.74 Å². The molecular formula is C12H12F2O3. The first-order valence-corrected chi connectivity index (χ1v) is 5.10. The second-order valence-corrected chi connectivity index (χ2v) is 4.26. The second-order valence-electron chi connectivity index (χ2n) is 4.26. The number of halogens is 2. The van der Waals surface area contributed by atoms with Gasteiger partial charge in [0.05, 0.1) is 7.11 Å². The predicted molar refractivity (Wildman–Crippen MR) is 55.2 cm³/mol. The molecule has 5 heteroatoms. The molecule has 17 heavy (non-hydrogen) atoms. The van der Waals surface area contributed by atoms with Crippen LogP contribution in [-0.2, 0) is 19.9 Å².